The molecule has 1 unspecified atom stereocenters. The number of amides is 2. The number of nitrogens with zero attached hydrogens (tertiary/aromatic N) is 3. The average molecular weight is 439 g/mol. The number of aryl methyl sites for hydroxylation is 1. The van der Waals surface area contributed by atoms with E-state index in [1.165, 1.54) is 0 Å². The van der Waals surface area contributed by atoms with Crippen molar-refractivity contribution in [1.29, 1.82) is 0 Å². The normalized spacial score (nSPS) is 17.8. The van der Waals surface area contributed by atoms with Crippen molar-refractivity contribution in [3.63, 3.8) is 0 Å². The van der Waals surface area contributed by atoms with Crippen LogP contribution in [0.3, 0.4) is 0 Å². The molecule has 0 bridgehead atoms. The van der Waals surface area contributed by atoms with Crippen LogP contribution in [0, 0.1) is 6.92 Å². The topological polar surface area (TPSA) is 193 Å². The number of hydrogen-bond donors (Lipinski definition) is 5. The number of piperidine rings is 1. The fourth-order valence-corrected chi connectivity index (χ4v) is 3.97. The molecular weight excluding hydrogens is 414 g/mol. The van der Waals surface area contributed by atoms with Crippen molar-refractivity contribution < 1.29 is 24.3 Å². The molecule has 13 heteroatoms. The molecule has 1 aliphatic heterocycles. The quantitative estimate of drug-likeness (QED) is 0.242. The fraction of sp³-hybridized carbons (Fsp3) is 0.529. The number of guanidine groups is 1. The van der Waals surface area contributed by atoms with Gasteiger partial charge in [0.25, 0.3) is 5.91 Å². The van der Waals surface area contributed by atoms with Crippen LogP contribution in [0.15, 0.2) is 4.99 Å². The van der Waals surface area contributed by atoms with Crippen LogP contribution in [0.5, 0.6) is 0 Å². The Morgan fingerprint density at radius 3 is 2.70 bits per heavy atom. The first-order valence-electron chi connectivity index (χ1n) is 9.26. The van der Waals surface area contributed by atoms with E-state index in [1.54, 1.807) is 18.7 Å². The maximum absolute atomic E-state index is 12.3. The van der Waals surface area contributed by atoms with Crippen molar-refractivity contribution in [1.82, 2.24) is 20.5 Å². The lowest BCUT2D eigenvalue weighted by Crippen LogP contribution is -2.57. The number of aliphatic carboxylic acids is 1. The van der Waals surface area contributed by atoms with E-state index in [1.807, 2.05) is 0 Å². The summed E-state index contributed by atoms with van der Waals surface area (Å²) < 4.78 is 0. The first-order valence-corrected chi connectivity index (χ1v) is 10.1. The lowest BCUT2D eigenvalue weighted by atomic mass is 10.0. The van der Waals surface area contributed by atoms with Crippen LogP contribution in [0.4, 0.5) is 5.13 Å². The Labute approximate surface area is 176 Å². The van der Waals surface area contributed by atoms with E-state index in [0.717, 1.165) is 11.3 Å². The van der Waals surface area contributed by atoms with Crippen LogP contribution in [0.25, 0.3) is 0 Å². The zero-order valence-corrected chi connectivity index (χ0v) is 17.5. The summed E-state index contributed by atoms with van der Waals surface area (Å²) in [7, 11) is 0. The summed E-state index contributed by atoms with van der Waals surface area (Å²) in [6.07, 6.45) is 0.533. The molecule has 12 nitrogen and oxygen atoms in total. The largest absolute Gasteiger partial charge is 0.480 e. The van der Waals surface area contributed by atoms with Gasteiger partial charge < -0.3 is 27.2 Å². The number of rotatable bonds is 8. The number of carboxylic acids is 1. The number of carbonyl (C=O) groups excluding carboxylic acids is 3. The first-order chi connectivity index (χ1) is 14.1. The number of nitrogens with one attached hydrogen (secondary N) is 2. The Kier molecular flexibility index (Phi) is 7.83. The summed E-state index contributed by atoms with van der Waals surface area (Å²) in [5, 5.41) is 14.5. The number of nitrogens with two attached hydrogens (primary N) is 2. The predicted molar refractivity (Wildman–Crippen MR) is 109 cm³/mol. The van der Waals surface area contributed by atoms with Gasteiger partial charge in [-0.25, -0.2) is 4.98 Å². The van der Waals surface area contributed by atoms with E-state index in [-0.39, 0.29) is 41.3 Å². The van der Waals surface area contributed by atoms with Gasteiger partial charge >= 0.3 is 5.97 Å². The van der Waals surface area contributed by atoms with Gasteiger partial charge in [-0.05, 0) is 13.3 Å². The number of carbonyl (C=O) groups is 4. The van der Waals surface area contributed by atoms with Crippen LogP contribution in [-0.2, 0) is 14.4 Å². The monoisotopic (exact) mass is 439 g/mol. The van der Waals surface area contributed by atoms with Gasteiger partial charge in [0.15, 0.2) is 11.7 Å². The number of likely N-dealkylation sites (tertiary alicyclic amines) is 1. The Balaban J connectivity index is 1.92. The van der Waals surface area contributed by atoms with Gasteiger partial charge in [-0.3, -0.25) is 24.1 Å². The van der Waals surface area contributed by atoms with Crippen LogP contribution >= 0.6 is 11.3 Å². The number of Topliss-reactive ketones (excluding diaryl/α,β-unsaturated/α-hetero) is 1. The van der Waals surface area contributed by atoms with Crippen molar-refractivity contribution in [2.75, 3.05) is 19.6 Å². The highest BCUT2D eigenvalue weighted by Gasteiger charge is 2.34. The predicted octanol–water partition coefficient (Wildman–Crippen LogP) is -1.29. The van der Waals surface area contributed by atoms with Gasteiger partial charge in [0.1, 0.15) is 17.0 Å². The van der Waals surface area contributed by atoms with Crippen molar-refractivity contribution in [3.05, 3.63) is 10.6 Å². The number of carboxylic acid groups (broad SMARTS) is 1. The lowest BCUT2D eigenvalue weighted by Gasteiger charge is -2.35. The van der Waals surface area contributed by atoms with E-state index in [9.17, 15) is 24.3 Å². The minimum atomic E-state index is -0.968. The Morgan fingerprint density at radius 1 is 1.40 bits per heavy atom. The SMILES string of the molecule is CC[C@@H](C(=O)O)N1CCC(=O)C(NC(=O)CNC(=O)c2sc(N=C(N)N)nc2C)C1. The number of thiazole rings is 1. The Bertz CT molecular complexity index is 865. The van der Waals surface area contributed by atoms with Crippen molar-refractivity contribution in [2.24, 2.45) is 16.5 Å². The van der Waals surface area contributed by atoms with Gasteiger partial charge in [0.05, 0.1) is 12.2 Å². The molecule has 1 fully saturated rings. The van der Waals surface area contributed by atoms with Crippen LogP contribution in [0.1, 0.15) is 35.1 Å². The summed E-state index contributed by atoms with van der Waals surface area (Å²) in [5.74, 6) is -2.41. The molecule has 1 saturated heterocycles. The molecule has 0 aliphatic carbocycles. The highest BCUT2D eigenvalue weighted by atomic mass is 32.1. The van der Waals surface area contributed by atoms with Gasteiger partial charge in [0.2, 0.25) is 11.0 Å². The third kappa shape index (κ3) is 5.97. The molecule has 0 saturated carbocycles. The number of ketones is 1. The van der Waals surface area contributed by atoms with Gasteiger partial charge in [-0.15, -0.1) is 0 Å². The second-order valence-corrected chi connectivity index (χ2v) is 7.70. The van der Waals surface area contributed by atoms with Crippen LogP contribution in [0.2, 0.25) is 0 Å². The average Bonchev–Trinajstić information content (AvgIpc) is 3.02. The lowest BCUT2D eigenvalue weighted by molar-refractivity contribution is -0.145. The molecule has 0 spiro atoms. The van der Waals surface area contributed by atoms with E-state index >= 15 is 0 Å². The molecule has 2 heterocycles. The van der Waals surface area contributed by atoms with Crippen molar-refractivity contribution in [3.8, 4) is 0 Å². The molecule has 1 aliphatic rings. The second-order valence-electron chi connectivity index (χ2n) is 6.72. The molecule has 7 N–H and O–H groups in total. The van der Waals surface area contributed by atoms with Gasteiger partial charge in [0, 0.05) is 19.5 Å². The Hall–Kier alpha value is -3.06. The van der Waals surface area contributed by atoms with Crippen LogP contribution in [-0.4, -0.2) is 76.2 Å². The zero-order valence-electron chi connectivity index (χ0n) is 16.7. The maximum Gasteiger partial charge on any atom is 0.320 e. The number of aromatic nitrogens is 1. The van der Waals surface area contributed by atoms with Crippen LogP contribution < -0.4 is 22.1 Å². The first kappa shape index (κ1) is 23.2. The summed E-state index contributed by atoms with van der Waals surface area (Å²) in [6, 6.07) is -1.54. The molecule has 1 aromatic heterocycles. The second kappa shape index (κ2) is 10.1. The summed E-state index contributed by atoms with van der Waals surface area (Å²) in [4.78, 5) is 57.8. The third-order valence-electron chi connectivity index (χ3n) is 4.52. The number of hydrogen-bond acceptors (Lipinski definition) is 8. The van der Waals surface area contributed by atoms with E-state index in [0.29, 0.717) is 18.7 Å². The molecule has 30 heavy (non-hydrogen) atoms. The van der Waals surface area contributed by atoms with Crippen molar-refractivity contribution in [2.45, 2.75) is 38.8 Å². The summed E-state index contributed by atoms with van der Waals surface area (Å²) in [6.45, 7) is 3.44. The Morgan fingerprint density at radius 2 is 2.10 bits per heavy atom. The molecule has 2 atom stereocenters. The van der Waals surface area contributed by atoms with E-state index in [2.05, 4.69) is 20.6 Å². The van der Waals surface area contributed by atoms with Crippen molar-refractivity contribution >= 4 is 46.0 Å². The molecule has 2 amide bonds. The minimum Gasteiger partial charge on any atom is -0.480 e. The smallest absolute Gasteiger partial charge is 0.320 e. The van der Waals surface area contributed by atoms with E-state index < -0.39 is 29.9 Å². The third-order valence-corrected chi connectivity index (χ3v) is 5.57. The minimum absolute atomic E-state index is 0.110. The maximum atomic E-state index is 12.3. The summed E-state index contributed by atoms with van der Waals surface area (Å²) >= 11 is 0.974. The van der Waals surface area contributed by atoms with E-state index in [4.69, 9.17) is 11.5 Å². The highest BCUT2D eigenvalue weighted by molar-refractivity contribution is 7.17. The molecule has 1 aromatic rings. The number of aliphatic imine (C=N–C) groups is 1. The summed E-state index contributed by atoms with van der Waals surface area (Å²) in [5.41, 5.74) is 11.0. The molecular formula is C17H25N7O5S. The zero-order chi connectivity index (χ0) is 22.4. The molecule has 164 valence electrons. The molecule has 0 aromatic carbocycles. The van der Waals surface area contributed by atoms with Gasteiger partial charge in [-0.2, -0.15) is 4.99 Å². The molecule has 2 rings (SSSR count). The van der Waals surface area contributed by atoms with Gasteiger partial charge in [-0.1, -0.05) is 18.3 Å². The fourth-order valence-electron chi connectivity index (χ4n) is 3.09. The standard InChI is InChI=1S/C17H25N7O5S/c1-3-10(15(28)29)24-5-4-11(25)9(7-24)22-12(26)6-20-14(27)13-8(2)21-17(30-13)23-16(18)19/h9-10H,3-7H2,1-2H3,(H,20,27)(H,22,26)(H,28,29)(H4,18,19,21,23)/t9?,10-/m0/s1. The molecule has 0 radical (unpaired) electrons. The highest BCUT2D eigenvalue weighted by Crippen LogP contribution is 2.24.